The summed E-state index contributed by atoms with van der Waals surface area (Å²) in [5.41, 5.74) is -0.0517. The number of aromatic amines is 1. The van der Waals surface area contributed by atoms with Crippen LogP contribution in [-0.4, -0.2) is 32.2 Å². The molecule has 0 saturated carbocycles. The maximum atomic E-state index is 13.6. The van der Waals surface area contributed by atoms with Crippen molar-refractivity contribution in [1.82, 2.24) is 19.1 Å². The predicted octanol–water partition coefficient (Wildman–Crippen LogP) is 3.64. The number of halogens is 1. The molecule has 11 heteroatoms. The topological polar surface area (TPSA) is 111 Å². The van der Waals surface area contributed by atoms with E-state index >= 15 is 0 Å². The third-order valence-electron chi connectivity index (χ3n) is 5.68. The number of carbonyl (C=O) groups is 1. The second-order valence-electron chi connectivity index (χ2n) is 8.94. The summed E-state index contributed by atoms with van der Waals surface area (Å²) in [6.45, 7) is 5.24. The van der Waals surface area contributed by atoms with Gasteiger partial charge in [-0.1, -0.05) is 30.7 Å². The molecule has 0 bridgehead atoms. The lowest BCUT2D eigenvalue weighted by Crippen LogP contribution is -2.52. The quantitative estimate of drug-likeness (QED) is 0.369. The number of H-pyrrole nitrogens is 1. The predicted molar refractivity (Wildman–Crippen MR) is 140 cm³/mol. The maximum absolute atomic E-state index is 13.6. The van der Waals surface area contributed by atoms with Crippen LogP contribution in [0.2, 0.25) is 5.02 Å². The van der Waals surface area contributed by atoms with Crippen molar-refractivity contribution in [2.24, 2.45) is 10.4 Å². The summed E-state index contributed by atoms with van der Waals surface area (Å²) in [5, 5.41) is 1.58. The average molecular weight is 528 g/mol. The van der Waals surface area contributed by atoms with Gasteiger partial charge in [0.2, 0.25) is 5.62 Å². The van der Waals surface area contributed by atoms with Crippen molar-refractivity contribution in [2.75, 3.05) is 7.11 Å². The third-order valence-corrected chi connectivity index (χ3v) is 7.09. The fourth-order valence-electron chi connectivity index (χ4n) is 3.74. The normalized spacial score (nSPS) is 12.3. The maximum Gasteiger partial charge on any atom is 0.335 e. The van der Waals surface area contributed by atoms with Crippen molar-refractivity contribution >= 4 is 44.8 Å². The molecule has 188 valence electrons. The number of nitrogens with one attached hydrogen (secondary N) is 1. The smallest absolute Gasteiger partial charge is 0.335 e. The summed E-state index contributed by atoms with van der Waals surface area (Å²) in [6, 6.07) is 12.6. The van der Waals surface area contributed by atoms with E-state index < -0.39 is 22.8 Å². The lowest BCUT2D eigenvalue weighted by atomic mass is 9.94. The molecular weight excluding hydrogens is 502 g/mol. The number of rotatable bonds is 7. The van der Waals surface area contributed by atoms with Gasteiger partial charge in [0.1, 0.15) is 0 Å². The fourth-order valence-corrected chi connectivity index (χ4v) is 4.80. The molecular formula is C25H26ClN5O4S. The van der Waals surface area contributed by atoms with Crippen molar-refractivity contribution < 1.29 is 9.53 Å². The van der Waals surface area contributed by atoms with Gasteiger partial charge in [0.05, 0.1) is 40.0 Å². The number of nitrogens with zero attached hydrogens (tertiary/aromatic N) is 4. The summed E-state index contributed by atoms with van der Waals surface area (Å²) in [4.78, 5) is 50.7. The molecule has 0 aliphatic carbocycles. The summed E-state index contributed by atoms with van der Waals surface area (Å²) < 4.78 is 8.17. The van der Waals surface area contributed by atoms with Crippen LogP contribution in [0.1, 0.15) is 31.3 Å². The highest BCUT2D eigenvalue weighted by atomic mass is 35.5. The Hall–Kier alpha value is -3.50. The minimum absolute atomic E-state index is 0.0895. The van der Waals surface area contributed by atoms with Gasteiger partial charge < -0.3 is 4.74 Å². The SMILES string of the molecule is CCc1nc2ccc(/N=c3\[nH]c(=O)n(CC(C)(C)C(=O)OC)c(=O)n3Cc3ccc(Cl)cc3)cc2s1. The molecule has 4 rings (SSSR count). The number of esters is 1. The first-order valence-electron chi connectivity index (χ1n) is 11.3. The highest BCUT2D eigenvalue weighted by Gasteiger charge is 2.31. The molecule has 0 spiro atoms. The summed E-state index contributed by atoms with van der Waals surface area (Å²) in [5.74, 6) is -0.531. The van der Waals surface area contributed by atoms with E-state index in [0.29, 0.717) is 10.7 Å². The molecule has 0 radical (unpaired) electrons. The molecule has 0 amide bonds. The third kappa shape index (κ3) is 5.34. The zero-order chi connectivity index (χ0) is 26.0. The van der Waals surface area contributed by atoms with Gasteiger partial charge in [0.15, 0.2) is 0 Å². The Morgan fingerprint density at radius 2 is 1.89 bits per heavy atom. The highest BCUT2D eigenvalue weighted by Crippen LogP contribution is 2.26. The van der Waals surface area contributed by atoms with Gasteiger partial charge in [0, 0.05) is 11.6 Å². The van der Waals surface area contributed by atoms with E-state index in [2.05, 4.69) is 15.0 Å². The van der Waals surface area contributed by atoms with Crippen molar-refractivity contribution in [3.63, 3.8) is 0 Å². The van der Waals surface area contributed by atoms with Gasteiger partial charge in [-0.15, -0.1) is 11.3 Å². The first kappa shape index (κ1) is 25.6. The summed E-state index contributed by atoms with van der Waals surface area (Å²) in [6.07, 6.45) is 0.834. The number of fused-ring (bicyclic) bond motifs is 1. The Balaban J connectivity index is 1.88. The number of hydrogen-bond acceptors (Lipinski definition) is 7. The van der Waals surface area contributed by atoms with Gasteiger partial charge >= 0.3 is 17.3 Å². The van der Waals surface area contributed by atoms with E-state index in [1.54, 1.807) is 55.5 Å². The van der Waals surface area contributed by atoms with Gasteiger partial charge in [0.25, 0.3) is 0 Å². The van der Waals surface area contributed by atoms with E-state index in [1.165, 1.54) is 11.7 Å². The number of aryl methyl sites for hydroxylation is 1. The van der Waals surface area contributed by atoms with Crippen molar-refractivity contribution in [3.8, 4) is 0 Å². The average Bonchev–Trinajstić information content (AvgIpc) is 3.27. The van der Waals surface area contributed by atoms with E-state index in [1.807, 2.05) is 19.1 Å². The van der Waals surface area contributed by atoms with E-state index in [4.69, 9.17) is 16.3 Å². The number of thiazole rings is 1. The van der Waals surface area contributed by atoms with Crippen LogP contribution in [0.15, 0.2) is 57.0 Å². The molecule has 1 N–H and O–H groups in total. The van der Waals surface area contributed by atoms with Crippen LogP contribution in [0.3, 0.4) is 0 Å². The molecule has 2 aromatic heterocycles. The van der Waals surface area contributed by atoms with E-state index in [9.17, 15) is 14.4 Å². The largest absolute Gasteiger partial charge is 0.469 e. The van der Waals surface area contributed by atoms with Crippen molar-refractivity contribution in [1.29, 1.82) is 0 Å². The lowest BCUT2D eigenvalue weighted by Gasteiger charge is -2.22. The molecule has 0 fully saturated rings. The van der Waals surface area contributed by atoms with Gasteiger partial charge in [-0.05, 0) is 56.2 Å². The monoisotopic (exact) mass is 527 g/mol. The van der Waals surface area contributed by atoms with Gasteiger partial charge in [-0.25, -0.2) is 24.1 Å². The Morgan fingerprint density at radius 3 is 2.56 bits per heavy atom. The molecule has 0 aliphatic rings. The number of ether oxygens (including phenoxy) is 1. The summed E-state index contributed by atoms with van der Waals surface area (Å²) >= 11 is 7.60. The minimum atomic E-state index is -1.10. The second-order valence-corrected chi connectivity index (χ2v) is 10.5. The zero-order valence-electron chi connectivity index (χ0n) is 20.4. The molecule has 0 saturated heterocycles. The molecule has 4 aromatic rings. The van der Waals surface area contributed by atoms with Gasteiger partial charge in [-0.3, -0.25) is 14.3 Å². The van der Waals surface area contributed by atoms with E-state index in [0.717, 1.165) is 31.8 Å². The minimum Gasteiger partial charge on any atom is -0.469 e. The van der Waals surface area contributed by atoms with Crippen LogP contribution in [0.4, 0.5) is 5.69 Å². The van der Waals surface area contributed by atoms with E-state index in [-0.39, 0.29) is 18.7 Å². The summed E-state index contributed by atoms with van der Waals surface area (Å²) in [7, 11) is 1.27. The molecule has 0 aliphatic heterocycles. The van der Waals surface area contributed by atoms with Crippen LogP contribution in [0, 0.1) is 5.41 Å². The Bertz CT molecular complexity index is 1610. The van der Waals surface area contributed by atoms with Crippen LogP contribution in [0.25, 0.3) is 10.2 Å². The van der Waals surface area contributed by atoms with Crippen molar-refractivity contribution in [3.05, 3.63) is 84.6 Å². The van der Waals surface area contributed by atoms with Gasteiger partial charge in [-0.2, -0.15) is 0 Å². The lowest BCUT2D eigenvalue weighted by molar-refractivity contribution is -0.151. The number of benzene rings is 2. The van der Waals surface area contributed by atoms with Crippen molar-refractivity contribution in [2.45, 2.75) is 40.3 Å². The standard InChI is InChI=1S/C25H26ClN5O4S/c1-5-20-28-18-11-10-17(12-19(18)36-20)27-22-29-23(33)31(14-25(2,3)21(32)35-4)24(34)30(22)13-15-6-8-16(26)9-7-15/h6-12H,5,13-14H2,1-4H3,(H,27,29,33). The van der Waals surface area contributed by atoms with Crippen LogP contribution in [0.5, 0.6) is 0 Å². The molecule has 2 aromatic carbocycles. The number of methoxy groups -OCH3 is 1. The van der Waals surface area contributed by atoms with Crippen LogP contribution < -0.4 is 17.0 Å². The Morgan fingerprint density at radius 1 is 1.17 bits per heavy atom. The molecule has 0 atom stereocenters. The van der Waals surface area contributed by atoms with Crippen LogP contribution >= 0.6 is 22.9 Å². The molecule has 2 heterocycles. The Kier molecular flexibility index (Phi) is 7.28. The molecule has 36 heavy (non-hydrogen) atoms. The first-order valence-corrected chi connectivity index (χ1v) is 12.5. The number of hydrogen-bond donors (Lipinski definition) is 1. The second kappa shape index (κ2) is 10.2. The zero-order valence-corrected chi connectivity index (χ0v) is 21.9. The number of aromatic nitrogens is 4. The molecule has 9 nitrogen and oxygen atoms in total. The fraction of sp³-hybridized carbons (Fsp3) is 0.320. The number of carbonyl (C=O) groups excluding carboxylic acids is 1. The first-order chi connectivity index (χ1) is 17.1. The highest BCUT2D eigenvalue weighted by molar-refractivity contribution is 7.18. The molecule has 0 unspecified atom stereocenters. The van der Waals surface area contributed by atoms with Crippen LogP contribution in [-0.2, 0) is 29.0 Å². The Labute approximate surface area is 215 Å².